The molecule has 1 aliphatic heterocycles. The molecule has 1 amide bonds. The Morgan fingerprint density at radius 1 is 1.24 bits per heavy atom. The molecule has 0 spiro atoms. The minimum atomic E-state index is 0.267. The van der Waals surface area contributed by atoms with Crippen LogP contribution in [0.3, 0.4) is 0 Å². The summed E-state index contributed by atoms with van der Waals surface area (Å²) in [5, 5.41) is 0. The van der Waals surface area contributed by atoms with Crippen LogP contribution in [0.5, 0.6) is 0 Å². The summed E-state index contributed by atoms with van der Waals surface area (Å²) in [5.41, 5.74) is 1.96. The number of carbonyl (C=O) groups excluding carboxylic acids is 1. The molecule has 2 aliphatic rings. The first kappa shape index (κ1) is 16.6. The van der Waals surface area contributed by atoms with E-state index in [-0.39, 0.29) is 5.92 Å². The van der Waals surface area contributed by atoms with E-state index in [0.29, 0.717) is 11.8 Å². The summed E-state index contributed by atoms with van der Waals surface area (Å²) in [7, 11) is 0. The minimum Gasteiger partial charge on any atom is -0.342 e. The van der Waals surface area contributed by atoms with Crippen LogP contribution in [0.1, 0.15) is 63.6 Å². The molecular formula is C20H28N4O. The van der Waals surface area contributed by atoms with Gasteiger partial charge in [0.15, 0.2) is 5.65 Å². The number of rotatable bonds is 4. The molecule has 5 heteroatoms. The quantitative estimate of drug-likeness (QED) is 0.852. The molecule has 2 aromatic heterocycles. The van der Waals surface area contributed by atoms with E-state index in [2.05, 4.69) is 21.4 Å². The number of hydrogen-bond donors (Lipinski definition) is 0. The van der Waals surface area contributed by atoms with Gasteiger partial charge in [0.05, 0.1) is 0 Å². The lowest BCUT2D eigenvalue weighted by Crippen LogP contribution is -2.35. The second-order valence-electron chi connectivity index (χ2n) is 7.57. The monoisotopic (exact) mass is 340 g/mol. The Hall–Kier alpha value is -1.91. The van der Waals surface area contributed by atoms with Crippen LogP contribution in [-0.4, -0.2) is 38.4 Å². The molecule has 5 nitrogen and oxygen atoms in total. The maximum atomic E-state index is 12.8. The number of carbonyl (C=O) groups is 1. The fraction of sp³-hybridized carbons (Fsp3) is 0.650. The largest absolute Gasteiger partial charge is 0.342 e. The summed E-state index contributed by atoms with van der Waals surface area (Å²) in [6, 6.07) is 3.99. The molecular weight excluding hydrogens is 312 g/mol. The van der Waals surface area contributed by atoms with Crippen molar-refractivity contribution in [3.05, 3.63) is 24.2 Å². The van der Waals surface area contributed by atoms with Gasteiger partial charge in [-0.1, -0.05) is 26.2 Å². The second kappa shape index (κ2) is 7.14. The Morgan fingerprint density at radius 3 is 2.88 bits per heavy atom. The standard InChI is InChI=1S/C20H28N4O/c1-2-12-24-18(22-17-9-6-11-21-19(17)24)16-10-13-23(14-16)20(25)15-7-4-3-5-8-15/h6,9,11,15-16H,2-5,7-8,10,12-14H2,1H3. The molecule has 1 unspecified atom stereocenters. The number of fused-ring (bicyclic) bond motifs is 1. The van der Waals surface area contributed by atoms with E-state index in [0.717, 1.165) is 62.3 Å². The van der Waals surface area contributed by atoms with Gasteiger partial charge in [-0.05, 0) is 37.8 Å². The topological polar surface area (TPSA) is 51.0 Å². The van der Waals surface area contributed by atoms with Gasteiger partial charge in [-0.25, -0.2) is 9.97 Å². The van der Waals surface area contributed by atoms with Gasteiger partial charge in [-0.2, -0.15) is 0 Å². The zero-order valence-corrected chi connectivity index (χ0v) is 15.2. The van der Waals surface area contributed by atoms with E-state index < -0.39 is 0 Å². The molecule has 1 saturated heterocycles. The Balaban J connectivity index is 1.54. The predicted molar refractivity (Wildman–Crippen MR) is 98.3 cm³/mol. The lowest BCUT2D eigenvalue weighted by molar-refractivity contribution is -0.135. The van der Waals surface area contributed by atoms with Crippen LogP contribution in [0.2, 0.25) is 0 Å². The number of aryl methyl sites for hydroxylation is 1. The van der Waals surface area contributed by atoms with E-state index in [1.807, 2.05) is 18.3 Å². The molecule has 1 atom stereocenters. The molecule has 4 rings (SSSR count). The highest BCUT2D eigenvalue weighted by Gasteiger charge is 2.34. The molecule has 0 radical (unpaired) electrons. The molecule has 0 bridgehead atoms. The third-order valence-electron chi connectivity index (χ3n) is 5.80. The summed E-state index contributed by atoms with van der Waals surface area (Å²) in [6.07, 6.45) is 9.81. The van der Waals surface area contributed by atoms with Gasteiger partial charge in [-0.15, -0.1) is 0 Å². The van der Waals surface area contributed by atoms with Crippen LogP contribution in [0.15, 0.2) is 18.3 Å². The maximum absolute atomic E-state index is 12.8. The third kappa shape index (κ3) is 3.16. The minimum absolute atomic E-state index is 0.267. The van der Waals surface area contributed by atoms with E-state index in [4.69, 9.17) is 4.98 Å². The van der Waals surface area contributed by atoms with Gasteiger partial charge in [0.1, 0.15) is 11.3 Å². The van der Waals surface area contributed by atoms with Crippen molar-refractivity contribution in [3.63, 3.8) is 0 Å². The Bertz CT molecular complexity index is 747. The third-order valence-corrected chi connectivity index (χ3v) is 5.80. The van der Waals surface area contributed by atoms with Crippen molar-refractivity contribution in [1.82, 2.24) is 19.4 Å². The van der Waals surface area contributed by atoms with Crippen molar-refractivity contribution in [1.29, 1.82) is 0 Å². The molecule has 1 aliphatic carbocycles. The zero-order valence-electron chi connectivity index (χ0n) is 15.2. The maximum Gasteiger partial charge on any atom is 0.225 e. The lowest BCUT2D eigenvalue weighted by atomic mass is 9.88. The summed E-state index contributed by atoms with van der Waals surface area (Å²) < 4.78 is 2.27. The van der Waals surface area contributed by atoms with Crippen LogP contribution < -0.4 is 0 Å². The van der Waals surface area contributed by atoms with Gasteiger partial charge in [0, 0.05) is 37.7 Å². The highest BCUT2D eigenvalue weighted by atomic mass is 16.2. The number of imidazole rings is 1. The van der Waals surface area contributed by atoms with Crippen molar-refractivity contribution in [2.24, 2.45) is 5.92 Å². The normalized spacial score (nSPS) is 22.0. The first-order valence-electron chi connectivity index (χ1n) is 9.88. The average molecular weight is 340 g/mol. The van der Waals surface area contributed by atoms with Crippen LogP contribution in [0, 0.1) is 5.92 Å². The number of hydrogen-bond acceptors (Lipinski definition) is 3. The number of aromatic nitrogens is 3. The van der Waals surface area contributed by atoms with Gasteiger partial charge >= 0.3 is 0 Å². The summed E-state index contributed by atoms with van der Waals surface area (Å²) in [6.45, 7) is 4.83. The molecule has 25 heavy (non-hydrogen) atoms. The first-order valence-corrected chi connectivity index (χ1v) is 9.88. The summed E-state index contributed by atoms with van der Waals surface area (Å²) in [5.74, 6) is 2.12. The van der Waals surface area contributed by atoms with Crippen molar-refractivity contribution < 1.29 is 4.79 Å². The predicted octanol–water partition coefficient (Wildman–Crippen LogP) is 3.74. The number of amides is 1. The van der Waals surface area contributed by atoms with Crippen LogP contribution in [0.25, 0.3) is 11.2 Å². The average Bonchev–Trinajstić information content (AvgIpc) is 3.27. The lowest BCUT2D eigenvalue weighted by Gasteiger charge is -2.26. The van der Waals surface area contributed by atoms with Crippen LogP contribution in [0.4, 0.5) is 0 Å². The fourth-order valence-electron chi connectivity index (χ4n) is 4.51. The van der Waals surface area contributed by atoms with Crippen molar-refractivity contribution in [2.45, 2.75) is 64.3 Å². The second-order valence-corrected chi connectivity index (χ2v) is 7.57. The first-order chi connectivity index (χ1) is 12.3. The molecule has 134 valence electrons. The molecule has 3 heterocycles. The highest BCUT2D eigenvalue weighted by molar-refractivity contribution is 5.79. The van der Waals surface area contributed by atoms with Crippen molar-refractivity contribution in [3.8, 4) is 0 Å². The van der Waals surface area contributed by atoms with Crippen molar-refractivity contribution >= 4 is 17.1 Å². The smallest absolute Gasteiger partial charge is 0.225 e. The molecule has 0 aromatic carbocycles. The van der Waals surface area contributed by atoms with Gasteiger partial charge in [-0.3, -0.25) is 4.79 Å². The molecule has 1 saturated carbocycles. The molecule has 0 N–H and O–H groups in total. The van der Waals surface area contributed by atoms with E-state index in [1.54, 1.807) is 0 Å². The van der Waals surface area contributed by atoms with Crippen LogP contribution >= 0.6 is 0 Å². The van der Waals surface area contributed by atoms with Gasteiger partial charge in [0.25, 0.3) is 0 Å². The van der Waals surface area contributed by atoms with Crippen molar-refractivity contribution in [2.75, 3.05) is 13.1 Å². The van der Waals surface area contributed by atoms with Crippen LogP contribution in [-0.2, 0) is 11.3 Å². The Kier molecular flexibility index (Phi) is 4.73. The number of likely N-dealkylation sites (tertiary alicyclic amines) is 1. The number of pyridine rings is 1. The highest BCUT2D eigenvalue weighted by Crippen LogP contribution is 2.32. The SMILES string of the molecule is CCCn1c(C2CCN(C(=O)C3CCCCC3)C2)nc2cccnc21. The Morgan fingerprint density at radius 2 is 2.08 bits per heavy atom. The summed E-state index contributed by atoms with van der Waals surface area (Å²) >= 11 is 0. The van der Waals surface area contributed by atoms with Gasteiger partial charge in [0.2, 0.25) is 5.91 Å². The van der Waals surface area contributed by atoms with E-state index >= 15 is 0 Å². The molecule has 2 aromatic rings. The fourth-order valence-corrected chi connectivity index (χ4v) is 4.51. The summed E-state index contributed by atoms with van der Waals surface area (Å²) in [4.78, 5) is 24.4. The van der Waals surface area contributed by atoms with Gasteiger partial charge < -0.3 is 9.47 Å². The Labute approximate surface area is 149 Å². The number of nitrogens with zero attached hydrogens (tertiary/aromatic N) is 4. The van der Waals surface area contributed by atoms with E-state index in [1.165, 1.54) is 19.3 Å². The van der Waals surface area contributed by atoms with E-state index in [9.17, 15) is 4.79 Å². The molecule has 2 fully saturated rings. The zero-order chi connectivity index (χ0) is 17.2.